The minimum atomic E-state index is -3.15. The predicted molar refractivity (Wildman–Crippen MR) is 96.1 cm³/mol. The van der Waals surface area contributed by atoms with E-state index < -0.39 is 10.0 Å². The van der Waals surface area contributed by atoms with Crippen molar-refractivity contribution in [1.29, 1.82) is 0 Å². The second kappa shape index (κ2) is 7.59. The first-order valence-electron chi connectivity index (χ1n) is 9.09. The molecule has 2 aliphatic rings. The van der Waals surface area contributed by atoms with Crippen molar-refractivity contribution in [2.24, 2.45) is 5.92 Å². The number of hydrogen-bond acceptors (Lipinski definition) is 6. The zero-order chi connectivity index (χ0) is 18.0. The standard InChI is InChI=1S/C16H29N5O3S/c1-4-21(25(3,22)23)15-5-8-19(9-6-15)16-18-17-13(2)20(16)11-14-7-10-24-12-14/h14-15H,4-12H2,1-3H3. The molecule has 0 aliphatic carbocycles. The van der Waals surface area contributed by atoms with Gasteiger partial charge in [-0.2, -0.15) is 4.31 Å². The summed E-state index contributed by atoms with van der Waals surface area (Å²) in [6.45, 7) is 8.55. The summed E-state index contributed by atoms with van der Waals surface area (Å²) in [6.07, 6.45) is 4.02. The van der Waals surface area contributed by atoms with Gasteiger partial charge in [0.05, 0.1) is 12.9 Å². The van der Waals surface area contributed by atoms with Crippen LogP contribution in [0.25, 0.3) is 0 Å². The molecular formula is C16H29N5O3S. The largest absolute Gasteiger partial charge is 0.381 e. The molecule has 0 amide bonds. The summed E-state index contributed by atoms with van der Waals surface area (Å²) in [7, 11) is -3.15. The third-order valence-corrected chi connectivity index (χ3v) is 6.68. The van der Waals surface area contributed by atoms with Crippen LogP contribution in [0.4, 0.5) is 5.95 Å². The SMILES string of the molecule is CCN(C1CCN(c2nnc(C)n2CC2CCOC2)CC1)S(C)(=O)=O. The molecule has 0 aromatic carbocycles. The van der Waals surface area contributed by atoms with Gasteiger partial charge in [0.15, 0.2) is 0 Å². The Kier molecular flexibility index (Phi) is 5.65. The van der Waals surface area contributed by atoms with Gasteiger partial charge >= 0.3 is 0 Å². The fraction of sp³-hybridized carbons (Fsp3) is 0.875. The van der Waals surface area contributed by atoms with Crippen LogP contribution < -0.4 is 4.90 Å². The second-order valence-corrected chi connectivity index (χ2v) is 9.01. The zero-order valence-corrected chi connectivity index (χ0v) is 16.2. The van der Waals surface area contributed by atoms with Gasteiger partial charge in [-0.25, -0.2) is 8.42 Å². The number of aryl methyl sites for hydroxylation is 1. The lowest BCUT2D eigenvalue weighted by atomic mass is 10.1. The van der Waals surface area contributed by atoms with Crippen LogP contribution in [0.15, 0.2) is 0 Å². The summed E-state index contributed by atoms with van der Waals surface area (Å²) in [5.74, 6) is 2.35. The Morgan fingerprint density at radius 3 is 2.52 bits per heavy atom. The maximum Gasteiger partial charge on any atom is 0.227 e. The summed E-state index contributed by atoms with van der Waals surface area (Å²) in [5.41, 5.74) is 0. The Morgan fingerprint density at radius 2 is 1.96 bits per heavy atom. The molecule has 3 rings (SSSR count). The highest BCUT2D eigenvalue weighted by molar-refractivity contribution is 7.88. The number of sulfonamides is 1. The molecular weight excluding hydrogens is 342 g/mol. The lowest BCUT2D eigenvalue weighted by Crippen LogP contribution is -2.47. The van der Waals surface area contributed by atoms with E-state index in [2.05, 4.69) is 19.7 Å². The molecule has 9 heteroatoms. The van der Waals surface area contributed by atoms with Crippen LogP contribution in [-0.2, 0) is 21.3 Å². The van der Waals surface area contributed by atoms with E-state index in [1.165, 1.54) is 6.26 Å². The number of ether oxygens (including phenoxy) is 1. The van der Waals surface area contributed by atoms with Crippen LogP contribution in [-0.4, -0.2) is 72.6 Å². The molecule has 0 N–H and O–H groups in total. The van der Waals surface area contributed by atoms with E-state index in [0.29, 0.717) is 12.5 Å². The molecule has 1 aromatic rings. The molecule has 25 heavy (non-hydrogen) atoms. The van der Waals surface area contributed by atoms with Gasteiger partial charge in [-0.15, -0.1) is 10.2 Å². The Morgan fingerprint density at radius 1 is 1.24 bits per heavy atom. The third kappa shape index (κ3) is 4.15. The fourth-order valence-electron chi connectivity index (χ4n) is 3.92. The molecule has 142 valence electrons. The number of piperidine rings is 1. The van der Waals surface area contributed by atoms with Crippen LogP contribution in [0.5, 0.6) is 0 Å². The van der Waals surface area contributed by atoms with Gasteiger partial charge in [0.2, 0.25) is 16.0 Å². The smallest absolute Gasteiger partial charge is 0.227 e. The van der Waals surface area contributed by atoms with Crippen molar-refractivity contribution in [3.63, 3.8) is 0 Å². The number of hydrogen-bond donors (Lipinski definition) is 0. The molecule has 2 fully saturated rings. The molecule has 0 spiro atoms. The molecule has 3 heterocycles. The second-order valence-electron chi connectivity index (χ2n) is 7.07. The average molecular weight is 372 g/mol. The summed E-state index contributed by atoms with van der Waals surface area (Å²) < 4.78 is 33.2. The van der Waals surface area contributed by atoms with Crippen molar-refractivity contribution in [1.82, 2.24) is 19.1 Å². The number of nitrogens with zero attached hydrogens (tertiary/aromatic N) is 5. The van der Waals surface area contributed by atoms with Gasteiger partial charge in [-0.3, -0.25) is 4.57 Å². The highest BCUT2D eigenvalue weighted by Gasteiger charge is 2.31. The highest BCUT2D eigenvalue weighted by atomic mass is 32.2. The normalized spacial score (nSPS) is 22.9. The quantitative estimate of drug-likeness (QED) is 0.738. The van der Waals surface area contributed by atoms with E-state index in [1.807, 2.05) is 13.8 Å². The average Bonchev–Trinajstić information content (AvgIpc) is 3.19. The molecule has 1 unspecified atom stereocenters. The van der Waals surface area contributed by atoms with E-state index in [1.54, 1.807) is 4.31 Å². The van der Waals surface area contributed by atoms with Crippen LogP contribution in [0, 0.1) is 12.8 Å². The number of anilines is 1. The molecule has 0 saturated carbocycles. The molecule has 0 radical (unpaired) electrons. The van der Waals surface area contributed by atoms with E-state index in [4.69, 9.17) is 4.74 Å². The highest BCUT2D eigenvalue weighted by Crippen LogP contribution is 2.25. The minimum Gasteiger partial charge on any atom is -0.381 e. The van der Waals surface area contributed by atoms with Crippen molar-refractivity contribution in [2.75, 3.05) is 44.0 Å². The summed E-state index contributed by atoms with van der Waals surface area (Å²) in [4.78, 5) is 2.24. The first kappa shape index (κ1) is 18.6. The van der Waals surface area contributed by atoms with Gasteiger partial charge in [0.1, 0.15) is 5.82 Å². The Balaban J connectivity index is 1.67. The van der Waals surface area contributed by atoms with Crippen LogP contribution in [0.3, 0.4) is 0 Å². The van der Waals surface area contributed by atoms with Crippen LogP contribution >= 0.6 is 0 Å². The Hall–Kier alpha value is -1.19. The van der Waals surface area contributed by atoms with Crippen molar-refractivity contribution in [2.45, 2.75) is 45.7 Å². The lowest BCUT2D eigenvalue weighted by Gasteiger charge is -2.37. The van der Waals surface area contributed by atoms with E-state index in [9.17, 15) is 8.42 Å². The van der Waals surface area contributed by atoms with Gasteiger partial charge in [0.25, 0.3) is 0 Å². The number of aromatic nitrogens is 3. The van der Waals surface area contributed by atoms with Gasteiger partial charge in [-0.1, -0.05) is 6.92 Å². The fourth-order valence-corrected chi connectivity index (χ4v) is 5.14. The Labute approximate surface area is 150 Å². The van der Waals surface area contributed by atoms with E-state index in [-0.39, 0.29) is 6.04 Å². The molecule has 2 saturated heterocycles. The van der Waals surface area contributed by atoms with Gasteiger partial charge in [-0.05, 0) is 26.2 Å². The Bertz CT molecular complexity index is 676. The molecule has 0 bridgehead atoms. The van der Waals surface area contributed by atoms with Crippen LogP contribution in [0.1, 0.15) is 32.0 Å². The van der Waals surface area contributed by atoms with E-state index >= 15 is 0 Å². The monoisotopic (exact) mass is 371 g/mol. The topological polar surface area (TPSA) is 80.6 Å². The lowest BCUT2D eigenvalue weighted by molar-refractivity contribution is 0.182. The maximum atomic E-state index is 11.9. The summed E-state index contributed by atoms with van der Waals surface area (Å²) in [6, 6.07) is 0.0805. The van der Waals surface area contributed by atoms with Crippen molar-refractivity contribution < 1.29 is 13.2 Å². The minimum absolute atomic E-state index is 0.0805. The van der Waals surface area contributed by atoms with Gasteiger partial charge < -0.3 is 9.64 Å². The third-order valence-electron chi connectivity index (χ3n) is 5.27. The summed E-state index contributed by atoms with van der Waals surface area (Å²) in [5, 5.41) is 8.65. The predicted octanol–water partition coefficient (Wildman–Crippen LogP) is 0.873. The van der Waals surface area contributed by atoms with Crippen LogP contribution in [0.2, 0.25) is 0 Å². The van der Waals surface area contributed by atoms with Gasteiger partial charge in [0, 0.05) is 44.7 Å². The van der Waals surface area contributed by atoms with Crippen molar-refractivity contribution in [3.8, 4) is 0 Å². The molecule has 2 aliphatic heterocycles. The maximum absolute atomic E-state index is 11.9. The molecule has 1 atom stereocenters. The van der Waals surface area contributed by atoms with E-state index in [0.717, 1.165) is 63.9 Å². The number of rotatable bonds is 6. The summed E-state index contributed by atoms with van der Waals surface area (Å²) >= 11 is 0. The first-order chi connectivity index (χ1) is 11.9. The van der Waals surface area contributed by atoms with Crippen molar-refractivity contribution in [3.05, 3.63) is 5.82 Å². The first-order valence-corrected chi connectivity index (χ1v) is 10.9. The zero-order valence-electron chi connectivity index (χ0n) is 15.4. The van der Waals surface area contributed by atoms with Crippen molar-refractivity contribution >= 4 is 16.0 Å². The molecule has 1 aromatic heterocycles. The molecule has 8 nitrogen and oxygen atoms in total.